The van der Waals surface area contributed by atoms with Crippen molar-refractivity contribution >= 4 is 18.2 Å². The Morgan fingerprint density at radius 1 is 1.32 bits per heavy atom. The smallest absolute Gasteiger partial charge is 0.417 e. The lowest BCUT2D eigenvalue weighted by atomic mass is 10.1. The van der Waals surface area contributed by atoms with Crippen molar-refractivity contribution in [2.45, 2.75) is 32.0 Å². The minimum Gasteiger partial charge on any atom is -0.477 e. The molecule has 3 rings (SSSR count). The average molecular weight is 478 g/mol. The van der Waals surface area contributed by atoms with Crippen LogP contribution in [0.5, 0.6) is 5.88 Å². The van der Waals surface area contributed by atoms with Crippen LogP contribution in [-0.2, 0) is 15.7 Å². The number of carbonyl (C=O) groups is 2. The Bertz CT molecular complexity index is 1150. The van der Waals surface area contributed by atoms with Crippen molar-refractivity contribution in [1.82, 2.24) is 24.7 Å². The topological polar surface area (TPSA) is 121 Å². The van der Waals surface area contributed by atoms with Gasteiger partial charge in [-0.3, -0.25) is 4.79 Å². The van der Waals surface area contributed by atoms with Crippen LogP contribution < -0.4 is 10.1 Å². The molecule has 3 aromatic rings. The fraction of sp³-hybridized carbons (Fsp3) is 0.333. The van der Waals surface area contributed by atoms with Gasteiger partial charge in [-0.2, -0.15) is 13.2 Å². The number of anilines is 1. The van der Waals surface area contributed by atoms with Crippen LogP contribution in [0.3, 0.4) is 0 Å². The molecule has 0 aromatic carbocycles. The van der Waals surface area contributed by atoms with E-state index in [1.54, 1.807) is 24.5 Å². The number of rotatable bonds is 10. The Morgan fingerprint density at radius 2 is 2.12 bits per heavy atom. The number of nitrogens with one attached hydrogen (secondary N) is 1. The molecule has 1 atom stereocenters. The number of halogens is 3. The summed E-state index contributed by atoms with van der Waals surface area (Å²) in [6.07, 6.45) is -0.897. The highest BCUT2D eigenvalue weighted by molar-refractivity contribution is 5.92. The average Bonchev–Trinajstić information content (AvgIpc) is 3.31. The maximum absolute atomic E-state index is 12.9. The second-order valence-corrected chi connectivity index (χ2v) is 7.14. The van der Waals surface area contributed by atoms with Gasteiger partial charge in [0.05, 0.1) is 19.3 Å². The monoisotopic (exact) mass is 478 g/mol. The molecule has 3 aromatic heterocycles. The van der Waals surface area contributed by atoms with E-state index in [1.807, 2.05) is 11.5 Å². The molecule has 0 radical (unpaired) electrons. The van der Waals surface area contributed by atoms with Gasteiger partial charge < -0.3 is 19.4 Å². The summed E-state index contributed by atoms with van der Waals surface area (Å²) in [6, 6.07) is 5.66. The molecular formula is C21H21F3N6O4. The predicted octanol–water partition coefficient (Wildman–Crippen LogP) is 3.53. The molecule has 0 aliphatic carbocycles. The van der Waals surface area contributed by atoms with Crippen molar-refractivity contribution in [3.05, 3.63) is 47.9 Å². The second-order valence-electron chi connectivity index (χ2n) is 7.14. The maximum atomic E-state index is 12.9. The quantitative estimate of drug-likeness (QED) is 0.267. The number of hydrogen-bond acceptors (Lipinski definition) is 8. The van der Waals surface area contributed by atoms with Crippen molar-refractivity contribution in [2.75, 3.05) is 19.0 Å². The van der Waals surface area contributed by atoms with Crippen LogP contribution in [0.2, 0.25) is 0 Å². The molecule has 0 aliphatic rings. The summed E-state index contributed by atoms with van der Waals surface area (Å²) in [7, 11) is 1.06. The third-order valence-electron chi connectivity index (χ3n) is 4.82. The maximum Gasteiger partial charge on any atom is 0.417 e. The van der Waals surface area contributed by atoms with Gasteiger partial charge in [-0.1, -0.05) is 6.07 Å². The summed E-state index contributed by atoms with van der Waals surface area (Å²) >= 11 is 0. The molecule has 34 heavy (non-hydrogen) atoms. The summed E-state index contributed by atoms with van der Waals surface area (Å²) in [4.78, 5) is 30.5. The lowest BCUT2D eigenvalue weighted by Crippen LogP contribution is -2.13. The number of hydrogen-bond donors (Lipinski definition) is 1. The van der Waals surface area contributed by atoms with E-state index in [2.05, 4.69) is 30.2 Å². The zero-order valence-electron chi connectivity index (χ0n) is 18.2. The minimum absolute atomic E-state index is 0.0845. The van der Waals surface area contributed by atoms with Gasteiger partial charge >= 0.3 is 12.1 Å². The van der Waals surface area contributed by atoms with Crippen LogP contribution in [0.15, 0.2) is 36.8 Å². The van der Waals surface area contributed by atoms with E-state index in [0.717, 1.165) is 7.11 Å². The summed E-state index contributed by atoms with van der Waals surface area (Å²) in [5, 5.41) is 10.5. The first kappa shape index (κ1) is 24.6. The number of ether oxygens (including phenoxy) is 2. The van der Waals surface area contributed by atoms with Crippen LogP contribution in [-0.4, -0.2) is 50.8 Å². The SMILES string of the molecule is COC(=O)c1cc(C(F)(F)F)cnc1OCCCC(C)n1cnnc1-c1cccc(NC=O)n1. The Balaban J connectivity index is 1.64. The van der Waals surface area contributed by atoms with Gasteiger partial charge in [0, 0.05) is 12.2 Å². The van der Waals surface area contributed by atoms with Gasteiger partial charge in [0.25, 0.3) is 0 Å². The number of alkyl halides is 3. The second kappa shape index (κ2) is 10.7. The number of pyridine rings is 2. The highest BCUT2D eigenvalue weighted by Gasteiger charge is 2.33. The van der Waals surface area contributed by atoms with Crippen molar-refractivity contribution in [3.8, 4) is 17.4 Å². The first-order valence-electron chi connectivity index (χ1n) is 10.1. The molecule has 10 nitrogen and oxygen atoms in total. The predicted molar refractivity (Wildman–Crippen MR) is 113 cm³/mol. The summed E-state index contributed by atoms with van der Waals surface area (Å²) in [5.74, 6) is -0.343. The van der Waals surface area contributed by atoms with Crippen molar-refractivity contribution in [2.24, 2.45) is 0 Å². The number of amides is 1. The Hall–Kier alpha value is -4.03. The van der Waals surface area contributed by atoms with Gasteiger partial charge in [-0.25, -0.2) is 14.8 Å². The van der Waals surface area contributed by atoms with Crippen LogP contribution in [0, 0.1) is 0 Å². The number of carbonyl (C=O) groups excluding carboxylic acids is 2. The molecule has 3 heterocycles. The zero-order chi connectivity index (χ0) is 24.7. The normalized spacial score (nSPS) is 12.1. The van der Waals surface area contributed by atoms with Crippen LogP contribution in [0.4, 0.5) is 19.0 Å². The van der Waals surface area contributed by atoms with Crippen LogP contribution >= 0.6 is 0 Å². The highest BCUT2D eigenvalue weighted by atomic mass is 19.4. The molecule has 0 saturated heterocycles. The fourth-order valence-electron chi connectivity index (χ4n) is 3.11. The Labute approximate surface area is 192 Å². The molecule has 0 bridgehead atoms. The third kappa shape index (κ3) is 5.85. The van der Waals surface area contributed by atoms with Crippen LogP contribution in [0.1, 0.15) is 41.7 Å². The van der Waals surface area contributed by atoms with Gasteiger partial charge in [-0.15, -0.1) is 10.2 Å². The number of esters is 1. The lowest BCUT2D eigenvalue weighted by molar-refractivity contribution is -0.137. The van der Waals surface area contributed by atoms with Gasteiger partial charge in [0.1, 0.15) is 23.4 Å². The van der Waals surface area contributed by atoms with E-state index in [-0.39, 0.29) is 18.5 Å². The van der Waals surface area contributed by atoms with Crippen molar-refractivity contribution in [3.63, 3.8) is 0 Å². The van der Waals surface area contributed by atoms with Crippen molar-refractivity contribution < 1.29 is 32.2 Å². The van der Waals surface area contributed by atoms with E-state index in [4.69, 9.17) is 4.74 Å². The molecule has 1 N–H and O–H groups in total. The largest absolute Gasteiger partial charge is 0.477 e. The third-order valence-corrected chi connectivity index (χ3v) is 4.82. The molecule has 180 valence electrons. The molecule has 13 heteroatoms. The molecule has 0 aliphatic heterocycles. The van der Waals surface area contributed by atoms with Crippen molar-refractivity contribution in [1.29, 1.82) is 0 Å². The molecule has 0 spiro atoms. The first-order chi connectivity index (χ1) is 16.2. The highest BCUT2D eigenvalue weighted by Crippen LogP contribution is 2.31. The zero-order valence-corrected chi connectivity index (χ0v) is 18.2. The van der Waals surface area contributed by atoms with Gasteiger partial charge in [-0.05, 0) is 38.0 Å². The first-order valence-corrected chi connectivity index (χ1v) is 10.1. The molecular weight excluding hydrogens is 457 g/mol. The fourth-order valence-corrected chi connectivity index (χ4v) is 3.11. The van der Waals surface area contributed by atoms with E-state index in [1.165, 1.54) is 0 Å². The lowest BCUT2D eigenvalue weighted by Gasteiger charge is -2.16. The minimum atomic E-state index is -4.65. The number of aromatic nitrogens is 5. The standard InChI is InChI=1S/C21H21F3N6O4/c1-13(30-11-27-29-18(30)16-6-3-7-17(28-16)26-12-31)5-4-8-34-19-15(20(32)33-2)9-14(10-25-19)21(22,23)24/h3,6-7,9-13H,4-5,8H2,1-2H3,(H,26,28,31). The van der Waals surface area contributed by atoms with Crippen LogP contribution in [0.25, 0.3) is 11.5 Å². The van der Waals surface area contributed by atoms with E-state index >= 15 is 0 Å². The number of methoxy groups -OCH3 is 1. The van der Waals surface area contributed by atoms with E-state index in [9.17, 15) is 22.8 Å². The Kier molecular flexibility index (Phi) is 7.76. The Morgan fingerprint density at radius 3 is 2.82 bits per heavy atom. The van der Waals surface area contributed by atoms with E-state index < -0.39 is 23.3 Å². The number of nitrogens with zero attached hydrogens (tertiary/aromatic N) is 5. The summed E-state index contributed by atoms with van der Waals surface area (Å²) in [5.41, 5.74) is -0.958. The summed E-state index contributed by atoms with van der Waals surface area (Å²) in [6.45, 7) is 2.03. The molecule has 0 saturated carbocycles. The molecule has 0 fully saturated rings. The van der Waals surface area contributed by atoms with Gasteiger partial charge in [0.2, 0.25) is 12.3 Å². The van der Waals surface area contributed by atoms with Gasteiger partial charge in [0.15, 0.2) is 5.82 Å². The molecule has 1 amide bonds. The summed E-state index contributed by atoms with van der Waals surface area (Å²) < 4.78 is 50.7. The van der Waals surface area contributed by atoms with E-state index in [0.29, 0.717) is 48.9 Å². The molecule has 1 unspecified atom stereocenters.